The van der Waals surface area contributed by atoms with Gasteiger partial charge in [0.1, 0.15) is 11.8 Å². The summed E-state index contributed by atoms with van der Waals surface area (Å²) in [7, 11) is 0. The number of fused-ring (bicyclic) bond motifs is 1. The zero-order valence-corrected chi connectivity index (χ0v) is 14.4. The second-order valence-electron chi connectivity index (χ2n) is 6.13. The van der Waals surface area contributed by atoms with Crippen molar-refractivity contribution in [1.29, 1.82) is 0 Å². The van der Waals surface area contributed by atoms with Crippen molar-refractivity contribution in [3.63, 3.8) is 0 Å². The average molecular weight is 352 g/mol. The highest BCUT2D eigenvalue weighted by atomic mass is 16.5. The minimum atomic E-state index is -1.08. The minimum absolute atomic E-state index is 0.190. The molecule has 0 bridgehead atoms. The Morgan fingerprint density at radius 3 is 2.77 bits per heavy atom. The summed E-state index contributed by atoms with van der Waals surface area (Å²) in [6.07, 6.45) is 1.96. The first-order valence-corrected chi connectivity index (χ1v) is 8.29. The molecule has 6 heteroatoms. The highest BCUT2D eigenvalue weighted by Crippen LogP contribution is 2.19. The molecule has 0 radical (unpaired) electrons. The SMILES string of the molecule is Cc1cccc(OCC(=O)NC(Cc2c[nH]c3ccccc23)C(=O)O)c1. The van der Waals surface area contributed by atoms with Crippen LogP contribution in [0.1, 0.15) is 11.1 Å². The third kappa shape index (κ3) is 4.22. The van der Waals surface area contributed by atoms with Gasteiger partial charge in [-0.3, -0.25) is 4.79 Å². The van der Waals surface area contributed by atoms with Gasteiger partial charge < -0.3 is 20.1 Å². The van der Waals surface area contributed by atoms with E-state index in [9.17, 15) is 14.7 Å². The molecule has 0 saturated carbocycles. The predicted molar refractivity (Wildman–Crippen MR) is 98.2 cm³/mol. The van der Waals surface area contributed by atoms with Crippen LogP contribution >= 0.6 is 0 Å². The average Bonchev–Trinajstić information content (AvgIpc) is 3.02. The summed E-state index contributed by atoms with van der Waals surface area (Å²) < 4.78 is 5.42. The van der Waals surface area contributed by atoms with E-state index < -0.39 is 17.9 Å². The number of carbonyl (C=O) groups excluding carboxylic acids is 1. The molecule has 1 atom stereocenters. The van der Waals surface area contributed by atoms with Gasteiger partial charge in [0, 0.05) is 23.5 Å². The zero-order chi connectivity index (χ0) is 18.5. The Balaban J connectivity index is 1.63. The molecule has 134 valence electrons. The Kier molecular flexibility index (Phi) is 5.22. The smallest absolute Gasteiger partial charge is 0.326 e. The van der Waals surface area contributed by atoms with Gasteiger partial charge in [-0.15, -0.1) is 0 Å². The third-order valence-electron chi connectivity index (χ3n) is 4.09. The van der Waals surface area contributed by atoms with Crippen molar-refractivity contribution < 1.29 is 19.4 Å². The number of ether oxygens (including phenoxy) is 1. The number of amides is 1. The molecule has 26 heavy (non-hydrogen) atoms. The highest BCUT2D eigenvalue weighted by Gasteiger charge is 2.22. The molecule has 0 spiro atoms. The summed E-state index contributed by atoms with van der Waals surface area (Å²) in [5.74, 6) is -0.985. The van der Waals surface area contributed by atoms with E-state index in [2.05, 4.69) is 10.3 Å². The molecule has 1 aromatic heterocycles. The Labute approximate surface area is 150 Å². The molecular formula is C20H20N2O4. The first kappa shape index (κ1) is 17.5. The maximum Gasteiger partial charge on any atom is 0.326 e. The Bertz CT molecular complexity index is 932. The van der Waals surface area contributed by atoms with Crippen LogP contribution in [-0.2, 0) is 16.0 Å². The number of para-hydroxylation sites is 1. The molecule has 3 rings (SSSR count). The Hall–Kier alpha value is -3.28. The second-order valence-corrected chi connectivity index (χ2v) is 6.13. The number of aryl methyl sites for hydroxylation is 1. The number of benzene rings is 2. The zero-order valence-electron chi connectivity index (χ0n) is 14.4. The monoisotopic (exact) mass is 352 g/mol. The van der Waals surface area contributed by atoms with Crippen molar-refractivity contribution in [2.75, 3.05) is 6.61 Å². The van der Waals surface area contributed by atoms with Crippen molar-refractivity contribution in [1.82, 2.24) is 10.3 Å². The number of aliphatic carboxylic acids is 1. The molecule has 6 nitrogen and oxygen atoms in total. The summed E-state index contributed by atoms with van der Waals surface area (Å²) in [5, 5.41) is 12.9. The molecule has 0 aliphatic carbocycles. The molecule has 2 aromatic carbocycles. The predicted octanol–water partition coefficient (Wildman–Crippen LogP) is 2.67. The lowest BCUT2D eigenvalue weighted by atomic mass is 10.1. The normalized spacial score (nSPS) is 11.9. The standard InChI is InChI=1S/C20H20N2O4/c1-13-5-4-6-15(9-13)26-12-19(23)22-18(20(24)25)10-14-11-21-17-8-3-2-7-16(14)17/h2-9,11,18,21H,10,12H2,1H3,(H,22,23)(H,24,25). The maximum absolute atomic E-state index is 12.1. The summed E-state index contributed by atoms with van der Waals surface area (Å²) in [4.78, 5) is 26.8. The summed E-state index contributed by atoms with van der Waals surface area (Å²) in [5.41, 5.74) is 2.79. The van der Waals surface area contributed by atoms with Crippen LogP contribution in [0.3, 0.4) is 0 Å². The van der Waals surface area contributed by atoms with Gasteiger partial charge in [0.25, 0.3) is 5.91 Å². The molecule has 3 N–H and O–H groups in total. The Morgan fingerprint density at radius 2 is 2.00 bits per heavy atom. The molecule has 0 aliphatic rings. The number of carboxylic acids is 1. The molecule has 3 aromatic rings. The van der Waals surface area contributed by atoms with Crippen molar-refractivity contribution in [3.8, 4) is 5.75 Å². The summed E-state index contributed by atoms with van der Waals surface area (Å²) in [6.45, 7) is 1.69. The maximum atomic E-state index is 12.1. The van der Waals surface area contributed by atoms with Gasteiger partial charge in [-0.05, 0) is 36.2 Å². The van der Waals surface area contributed by atoms with Crippen LogP contribution in [0.25, 0.3) is 10.9 Å². The van der Waals surface area contributed by atoms with Crippen LogP contribution in [0.15, 0.2) is 54.7 Å². The summed E-state index contributed by atoms with van der Waals surface area (Å²) >= 11 is 0. The molecule has 1 amide bonds. The van der Waals surface area contributed by atoms with Gasteiger partial charge in [-0.1, -0.05) is 30.3 Å². The lowest BCUT2D eigenvalue weighted by molar-refractivity contribution is -0.142. The van der Waals surface area contributed by atoms with Gasteiger partial charge in [0.2, 0.25) is 0 Å². The fourth-order valence-electron chi connectivity index (χ4n) is 2.81. The molecule has 1 unspecified atom stereocenters. The molecular weight excluding hydrogens is 332 g/mol. The molecule has 0 aliphatic heterocycles. The number of hydrogen-bond donors (Lipinski definition) is 3. The van der Waals surface area contributed by atoms with Crippen LogP contribution in [-0.4, -0.2) is 34.6 Å². The molecule has 1 heterocycles. The van der Waals surface area contributed by atoms with Crippen molar-refractivity contribution in [2.24, 2.45) is 0 Å². The quantitative estimate of drug-likeness (QED) is 0.610. The van der Waals surface area contributed by atoms with E-state index in [4.69, 9.17) is 4.74 Å². The topological polar surface area (TPSA) is 91.4 Å². The first-order chi connectivity index (χ1) is 12.5. The number of carboxylic acid groups (broad SMARTS) is 1. The van der Waals surface area contributed by atoms with Gasteiger partial charge in [0.05, 0.1) is 0 Å². The van der Waals surface area contributed by atoms with E-state index in [0.29, 0.717) is 5.75 Å². The number of H-pyrrole nitrogens is 1. The minimum Gasteiger partial charge on any atom is -0.484 e. The number of aromatic amines is 1. The van der Waals surface area contributed by atoms with E-state index in [1.165, 1.54) is 0 Å². The van der Waals surface area contributed by atoms with Crippen molar-refractivity contribution in [2.45, 2.75) is 19.4 Å². The van der Waals surface area contributed by atoms with E-state index in [1.54, 1.807) is 12.3 Å². The molecule has 0 fully saturated rings. The lowest BCUT2D eigenvalue weighted by Crippen LogP contribution is -2.44. The largest absolute Gasteiger partial charge is 0.484 e. The highest BCUT2D eigenvalue weighted by molar-refractivity contribution is 5.87. The van der Waals surface area contributed by atoms with Gasteiger partial charge in [0.15, 0.2) is 6.61 Å². The lowest BCUT2D eigenvalue weighted by Gasteiger charge is -2.15. The van der Waals surface area contributed by atoms with Crippen LogP contribution in [0.2, 0.25) is 0 Å². The fraction of sp³-hybridized carbons (Fsp3) is 0.200. The first-order valence-electron chi connectivity index (χ1n) is 8.29. The van der Waals surface area contributed by atoms with Gasteiger partial charge in [-0.25, -0.2) is 4.79 Å². The fourth-order valence-corrected chi connectivity index (χ4v) is 2.81. The van der Waals surface area contributed by atoms with E-state index in [1.807, 2.05) is 49.4 Å². The number of rotatable bonds is 7. The van der Waals surface area contributed by atoms with E-state index in [-0.39, 0.29) is 13.0 Å². The van der Waals surface area contributed by atoms with Crippen molar-refractivity contribution >= 4 is 22.8 Å². The van der Waals surface area contributed by atoms with Crippen molar-refractivity contribution in [3.05, 3.63) is 65.9 Å². The number of nitrogens with one attached hydrogen (secondary N) is 2. The summed E-state index contributed by atoms with van der Waals surface area (Å²) in [6, 6.07) is 13.9. The second kappa shape index (κ2) is 7.74. The number of hydrogen-bond acceptors (Lipinski definition) is 3. The third-order valence-corrected chi connectivity index (χ3v) is 4.09. The van der Waals surface area contributed by atoms with Crippen LogP contribution < -0.4 is 10.1 Å². The Morgan fingerprint density at radius 1 is 1.19 bits per heavy atom. The molecule has 0 saturated heterocycles. The van der Waals surface area contributed by atoms with Gasteiger partial charge >= 0.3 is 5.97 Å². The van der Waals surface area contributed by atoms with E-state index in [0.717, 1.165) is 22.0 Å². The van der Waals surface area contributed by atoms with E-state index >= 15 is 0 Å². The number of aromatic nitrogens is 1. The van der Waals surface area contributed by atoms with Crippen LogP contribution in [0, 0.1) is 6.92 Å². The van der Waals surface area contributed by atoms with Gasteiger partial charge in [-0.2, -0.15) is 0 Å². The van der Waals surface area contributed by atoms with Crippen LogP contribution in [0.4, 0.5) is 0 Å². The number of carbonyl (C=O) groups is 2. The van der Waals surface area contributed by atoms with Crippen LogP contribution in [0.5, 0.6) is 5.75 Å².